The Morgan fingerprint density at radius 3 is 2.78 bits per heavy atom. The first-order chi connectivity index (χ1) is 17.5. The lowest BCUT2D eigenvalue weighted by atomic mass is 9.95. The van der Waals surface area contributed by atoms with Gasteiger partial charge in [-0.2, -0.15) is 18.3 Å². The molecule has 1 atom stereocenters. The second kappa shape index (κ2) is 10.3. The summed E-state index contributed by atoms with van der Waals surface area (Å²) >= 11 is 0. The Balaban J connectivity index is 1.52. The number of carbonyl (C=O) groups excluding carboxylic acids is 3. The van der Waals surface area contributed by atoms with Crippen molar-refractivity contribution in [2.24, 2.45) is 5.73 Å². The van der Waals surface area contributed by atoms with Crippen LogP contribution in [0.5, 0.6) is 5.75 Å². The highest BCUT2D eigenvalue weighted by molar-refractivity contribution is 6.08. The van der Waals surface area contributed by atoms with Crippen molar-refractivity contribution in [1.29, 1.82) is 0 Å². The van der Waals surface area contributed by atoms with Crippen LogP contribution in [0.4, 0.5) is 13.2 Å². The first kappa shape index (κ1) is 25.7. The van der Waals surface area contributed by atoms with Crippen LogP contribution in [0.2, 0.25) is 0 Å². The van der Waals surface area contributed by atoms with Crippen LogP contribution in [0, 0.1) is 6.92 Å². The average molecular weight is 520 g/mol. The average Bonchev–Trinajstić information content (AvgIpc) is 3.43. The topological polar surface area (TPSA) is 154 Å². The second-order valence-electron chi connectivity index (χ2n) is 8.49. The van der Waals surface area contributed by atoms with Gasteiger partial charge in [0.15, 0.2) is 12.4 Å². The number of ether oxygens (including phenoxy) is 1. The Morgan fingerprint density at radius 2 is 2.11 bits per heavy atom. The van der Waals surface area contributed by atoms with E-state index < -0.39 is 37.0 Å². The van der Waals surface area contributed by atoms with E-state index in [0.717, 1.165) is 5.56 Å². The number of nitrogens with one attached hydrogen (secondary N) is 2. The van der Waals surface area contributed by atoms with E-state index in [2.05, 4.69) is 20.9 Å². The molecule has 0 bridgehead atoms. The zero-order valence-electron chi connectivity index (χ0n) is 19.6. The first-order valence-electron chi connectivity index (χ1n) is 11.2. The van der Waals surface area contributed by atoms with Crippen molar-refractivity contribution in [3.8, 4) is 11.6 Å². The molecular weight excluding hydrogens is 497 g/mol. The van der Waals surface area contributed by atoms with Crippen molar-refractivity contribution in [2.45, 2.75) is 38.4 Å². The normalized spacial score (nSPS) is 15.1. The maximum Gasteiger partial charge on any atom is 0.422 e. The van der Waals surface area contributed by atoms with Gasteiger partial charge in [-0.05, 0) is 37.5 Å². The van der Waals surface area contributed by atoms with Crippen LogP contribution >= 0.6 is 0 Å². The molecule has 0 saturated heterocycles. The van der Waals surface area contributed by atoms with E-state index in [4.69, 9.17) is 15.0 Å². The zero-order chi connectivity index (χ0) is 26.7. The number of hydrogen-bond donors (Lipinski definition) is 3. The predicted molar refractivity (Wildman–Crippen MR) is 121 cm³/mol. The molecule has 3 heterocycles. The van der Waals surface area contributed by atoms with Crippen LogP contribution < -0.4 is 21.1 Å². The number of hydrogen-bond acceptors (Lipinski definition) is 7. The molecule has 2 aromatic heterocycles. The maximum atomic E-state index is 13.0. The van der Waals surface area contributed by atoms with Crippen molar-refractivity contribution in [2.75, 3.05) is 13.2 Å². The summed E-state index contributed by atoms with van der Waals surface area (Å²) in [6, 6.07) is 7.48. The van der Waals surface area contributed by atoms with Crippen LogP contribution in [0.25, 0.3) is 5.82 Å². The van der Waals surface area contributed by atoms with Gasteiger partial charge in [0, 0.05) is 18.5 Å². The predicted octanol–water partition coefficient (Wildman–Crippen LogP) is 1.61. The van der Waals surface area contributed by atoms with Crippen molar-refractivity contribution >= 4 is 17.7 Å². The van der Waals surface area contributed by atoms with Gasteiger partial charge in [0.05, 0.1) is 17.8 Å². The number of primary amides is 1. The zero-order valence-corrected chi connectivity index (χ0v) is 19.6. The summed E-state index contributed by atoms with van der Waals surface area (Å²) in [4.78, 5) is 37.1. The molecule has 196 valence electrons. The van der Waals surface area contributed by atoms with Crippen LogP contribution in [-0.2, 0) is 17.6 Å². The first-order valence-corrected chi connectivity index (χ1v) is 11.2. The molecule has 14 heteroatoms. The summed E-state index contributed by atoms with van der Waals surface area (Å²) in [7, 11) is 0. The van der Waals surface area contributed by atoms with Crippen molar-refractivity contribution in [3.05, 3.63) is 58.6 Å². The van der Waals surface area contributed by atoms with Gasteiger partial charge in [-0.3, -0.25) is 14.4 Å². The number of benzene rings is 1. The lowest BCUT2D eigenvalue weighted by molar-refractivity contribution is -0.153. The molecule has 1 unspecified atom stereocenters. The minimum atomic E-state index is -4.44. The Labute approximate surface area is 208 Å². The maximum absolute atomic E-state index is 13.0. The van der Waals surface area contributed by atoms with Gasteiger partial charge in [0.1, 0.15) is 17.2 Å². The molecular formula is C23H23F3N6O5. The number of nitrogens with two attached hydrogens (primary N) is 1. The molecule has 3 aromatic rings. The summed E-state index contributed by atoms with van der Waals surface area (Å²) in [6.45, 7) is -0.174. The highest BCUT2D eigenvalue weighted by Gasteiger charge is 2.35. The van der Waals surface area contributed by atoms with Crippen molar-refractivity contribution in [3.63, 3.8) is 0 Å². The number of halogens is 3. The highest BCUT2D eigenvalue weighted by atomic mass is 19.4. The number of rotatable bonds is 9. The minimum Gasteiger partial charge on any atom is -0.484 e. The molecule has 0 saturated carbocycles. The van der Waals surface area contributed by atoms with Crippen LogP contribution in [0.1, 0.15) is 44.3 Å². The molecule has 37 heavy (non-hydrogen) atoms. The van der Waals surface area contributed by atoms with E-state index in [9.17, 15) is 27.6 Å². The van der Waals surface area contributed by atoms with E-state index in [0.29, 0.717) is 24.3 Å². The van der Waals surface area contributed by atoms with E-state index in [1.165, 1.54) is 22.9 Å². The second-order valence-corrected chi connectivity index (χ2v) is 8.49. The van der Waals surface area contributed by atoms with Gasteiger partial charge in [0.2, 0.25) is 5.91 Å². The third-order valence-electron chi connectivity index (χ3n) is 5.51. The summed E-state index contributed by atoms with van der Waals surface area (Å²) in [6.07, 6.45) is -3.26. The molecule has 0 fully saturated rings. The number of carbonyl (C=O) groups is 3. The monoisotopic (exact) mass is 520 g/mol. The summed E-state index contributed by atoms with van der Waals surface area (Å²) < 4.78 is 48.3. The fraction of sp³-hybridized carbons (Fsp3) is 0.348. The molecule has 3 amide bonds. The number of fused-ring (bicyclic) bond motifs is 1. The minimum absolute atomic E-state index is 0.0430. The Kier molecular flexibility index (Phi) is 7.18. The Bertz CT molecular complexity index is 1330. The number of nitrogens with zero attached hydrogens (tertiary/aromatic N) is 3. The van der Waals surface area contributed by atoms with E-state index in [1.807, 2.05) is 0 Å². The van der Waals surface area contributed by atoms with Crippen molar-refractivity contribution < 1.29 is 36.8 Å². The van der Waals surface area contributed by atoms with E-state index in [-0.39, 0.29) is 35.3 Å². The number of aromatic nitrogens is 3. The third kappa shape index (κ3) is 6.26. The molecule has 1 aromatic carbocycles. The molecule has 0 radical (unpaired) electrons. The highest BCUT2D eigenvalue weighted by Crippen LogP contribution is 2.26. The molecule has 4 rings (SSSR count). The number of amides is 3. The SMILES string of the molecule is Cc1cc(-n2nc3c(c2C(=O)NCC(N)=O)C(=O)NC(CCc2cccc(OCC(F)(F)F)c2)C3)no1. The van der Waals surface area contributed by atoms with Gasteiger partial charge >= 0.3 is 6.18 Å². The largest absolute Gasteiger partial charge is 0.484 e. The van der Waals surface area contributed by atoms with E-state index in [1.54, 1.807) is 19.1 Å². The molecule has 0 aliphatic carbocycles. The van der Waals surface area contributed by atoms with Gasteiger partial charge < -0.3 is 25.6 Å². The molecule has 1 aliphatic rings. The van der Waals surface area contributed by atoms with E-state index >= 15 is 0 Å². The standard InChI is InChI=1S/C23H23F3N6O5/c1-12-7-18(31-37-12)32-20(22(35)28-10-17(27)33)19-16(30-32)9-14(29-21(19)34)6-5-13-3-2-4-15(8-13)36-11-23(24,25)26/h2-4,7-8,14H,5-6,9-11H2,1H3,(H2,27,33)(H,28,35)(H,29,34). The molecule has 4 N–H and O–H groups in total. The van der Waals surface area contributed by atoms with Crippen LogP contribution in [0.15, 0.2) is 34.9 Å². The van der Waals surface area contributed by atoms with Gasteiger partial charge in [-0.1, -0.05) is 17.3 Å². The molecule has 0 spiro atoms. The Morgan fingerprint density at radius 1 is 1.32 bits per heavy atom. The van der Waals surface area contributed by atoms with Gasteiger partial charge in [0.25, 0.3) is 11.8 Å². The van der Waals surface area contributed by atoms with Gasteiger partial charge in [-0.15, -0.1) is 0 Å². The number of aryl methyl sites for hydroxylation is 2. The fourth-order valence-corrected chi connectivity index (χ4v) is 3.94. The number of alkyl halides is 3. The summed E-state index contributed by atoms with van der Waals surface area (Å²) in [5.41, 5.74) is 6.12. The quantitative estimate of drug-likeness (QED) is 0.387. The van der Waals surface area contributed by atoms with Crippen LogP contribution in [-0.4, -0.2) is 58.0 Å². The molecule has 11 nitrogen and oxygen atoms in total. The van der Waals surface area contributed by atoms with Gasteiger partial charge in [-0.25, -0.2) is 4.68 Å². The van der Waals surface area contributed by atoms with Crippen LogP contribution in [0.3, 0.4) is 0 Å². The summed E-state index contributed by atoms with van der Waals surface area (Å²) in [5, 5.41) is 13.5. The molecule has 1 aliphatic heterocycles. The fourth-order valence-electron chi connectivity index (χ4n) is 3.94. The lowest BCUT2D eigenvalue weighted by Gasteiger charge is -2.23. The lowest BCUT2D eigenvalue weighted by Crippen LogP contribution is -2.43. The van der Waals surface area contributed by atoms with Crippen molar-refractivity contribution in [1.82, 2.24) is 25.6 Å². The Hall–Kier alpha value is -4.36. The summed E-state index contributed by atoms with van der Waals surface area (Å²) in [5.74, 6) is -1.31. The third-order valence-corrected chi connectivity index (χ3v) is 5.51. The smallest absolute Gasteiger partial charge is 0.422 e.